The Morgan fingerprint density at radius 1 is 1.42 bits per heavy atom. The second-order valence-corrected chi connectivity index (χ2v) is 6.35. The molecule has 2 atom stereocenters. The van der Waals surface area contributed by atoms with Gasteiger partial charge in [-0.05, 0) is 43.7 Å². The number of hydrogen-bond acceptors (Lipinski definition) is 2. The van der Waals surface area contributed by atoms with Crippen LogP contribution in [0.1, 0.15) is 51.6 Å². The zero-order valence-electron chi connectivity index (χ0n) is 12.3. The molecule has 0 spiro atoms. The molecular formula is C16H24FNO. The van der Waals surface area contributed by atoms with Gasteiger partial charge in [-0.25, -0.2) is 4.39 Å². The zero-order valence-corrected chi connectivity index (χ0v) is 12.3. The maximum atomic E-state index is 14.0. The van der Waals surface area contributed by atoms with Crippen molar-refractivity contribution >= 4 is 0 Å². The van der Waals surface area contributed by atoms with Crippen LogP contribution in [0.15, 0.2) is 18.2 Å². The third-order valence-corrected chi connectivity index (χ3v) is 4.12. The van der Waals surface area contributed by atoms with E-state index in [0.717, 1.165) is 12.8 Å². The van der Waals surface area contributed by atoms with Crippen LogP contribution in [-0.4, -0.2) is 13.2 Å². The summed E-state index contributed by atoms with van der Waals surface area (Å²) >= 11 is 0. The first kappa shape index (κ1) is 14.3. The summed E-state index contributed by atoms with van der Waals surface area (Å²) in [6, 6.07) is 5.43. The van der Waals surface area contributed by atoms with Crippen LogP contribution in [0.4, 0.5) is 4.39 Å². The molecule has 0 radical (unpaired) electrons. The van der Waals surface area contributed by atoms with Crippen LogP contribution in [0.5, 0.6) is 5.75 Å². The van der Waals surface area contributed by atoms with Crippen molar-refractivity contribution in [1.29, 1.82) is 0 Å². The van der Waals surface area contributed by atoms with E-state index < -0.39 is 0 Å². The number of hydrogen-bond donors (Lipinski definition) is 1. The van der Waals surface area contributed by atoms with E-state index in [1.165, 1.54) is 12.5 Å². The Labute approximate surface area is 115 Å². The van der Waals surface area contributed by atoms with Gasteiger partial charge in [-0.15, -0.1) is 0 Å². The molecule has 106 valence electrons. The summed E-state index contributed by atoms with van der Waals surface area (Å²) in [4.78, 5) is 0. The molecule has 1 saturated carbocycles. The molecule has 3 heteroatoms. The van der Waals surface area contributed by atoms with Crippen molar-refractivity contribution in [3.05, 3.63) is 29.6 Å². The largest absolute Gasteiger partial charge is 0.496 e. The van der Waals surface area contributed by atoms with Crippen molar-refractivity contribution in [2.45, 2.75) is 52.1 Å². The topological polar surface area (TPSA) is 21.3 Å². The lowest BCUT2D eigenvalue weighted by atomic mass is 9.91. The molecule has 0 heterocycles. The number of ether oxygens (including phenoxy) is 1. The minimum atomic E-state index is -0.198. The Kier molecular flexibility index (Phi) is 4.14. The van der Waals surface area contributed by atoms with Gasteiger partial charge in [0.2, 0.25) is 0 Å². The van der Waals surface area contributed by atoms with Crippen molar-refractivity contribution < 1.29 is 9.13 Å². The van der Waals surface area contributed by atoms with Gasteiger partial charge in [-0.2, -0.15) is 0 Å². The molecule has 0 aliphatic heterocycles. The standard InChI is InChI=1S/C16H24FNO/c1-11(18-12-8-9-16(2,3)10-12)15-13(17)6-5-7-14(15)19-4/h5-7,11-12,18H,8-10H2,1-4H3. The second-order valence-electron chi connectivity index (χ2n) is 6.35. The van der Waals surface area contributed by atoms with Gasteiger partial charge in [0, 0.05) is 17.6 Å². The van der Waals surface area contributed by atoms with Gasteiger partial charge < -0.3 is 10.1 Å². The number of halogens is 1. The van der Waals surface area contributed by atoms with Crippen LogP contribution in [0, 0.1) is 11.2 Å². The van der Waals surface area contributed by atoms with Crippen LogP contribution < -0.4 is 10.1 Å². The van der Waals surface area contributed by atoms with Crippen molar-refractivity contribution in [3.63, 3.8) is 0 Å². The van der Waals surface area contributed by atoms with Crippen LogP contribution in [0.2, 0.25) is 0 Å². The fourth-order valence-electron chi connectivity index (χ4n) is 3.13. The van der Waals surface area contributed by atoms with Gasteiger partial charge in [-0.1, -0.05) is 19.9 Å². The number of rotatable bonds is 4. The zero-order chi connectivity index (χ0) is 14.0. The van der Waals surface area contributed by atoms with E-state index >= 15 is 0 Å². The van der Waals surface area contributed by atoms with Crippen LogP contribution >= 0.6 is 0 Å². The predicted octanol–water partition coefficient (Wildman–Crippen LogP) is 4.06. The van der Waals surface area contributed by atoms with E-state index in [2.05, 4.69) is 19.2 Å². The normalized spacial score (nSPS) is 23.3. The summed E-state index contributed by atoms with van der Waals surface area (Å²) in [6.45, 7) is 6.60. The van der Waals surface area contributed by atoms with E-state index in [-0.39, 0.29) is 11.9 Å². The molecule has 2 rings (SSSR count). The van der Waals surface area contributed by atoms with Gasteiger partial charge in [0.1, 0.15) is 11.6 Å². The molecule has 0 amide bonds. The van der Waals surface area contributed by atoms with Gasteiger partial charge in [0.15, 0.2) is 0 Å². The third-order valence-electron chi connectivity index (χ3n) is 4.12. The van der Waals surface area contributed by atoms with Crippen molar-refractivity contribution in [1.82, 2.24) is 5.32 Å². The van der Waals surface area contributed by atoms with Gasteiger partial charge in [-0.3, -0.25) is 0 Å². The van der Waals surface area contributed by atoms with Crippen molar-refractivity contribution in [2.75, 3.05) is 7.11 Å². The van der Waals surface area contributed by atoms with Crippen LogP contribution in [0.25, 0.3) is 0 Å². The molecule has 1 N–H and O–H groups in total. The predicted molar refractivity (Wildman–Crippen MR) is 75.9 cm³/mol. The summed E-state index contributed by atoms with van der Waals surface area (Å²) in [7, 11) is 1.59. The molecule has 1 aromatic carbocycles. The van der Waals surface area contributed by atoms with Crippen molar-refractivity contribution in [2.24, 2.45) is 5.41 Å². The highest BCUT2D eigenvalue weighted by atomic mass is 19.1. The molecule has 0 bridgehead atoms. The number of nitrogens with one attached hydrogen (secondary N) is 1. The minimum absolute atomic E-state index is 0.0324. The Morgan fingerprint density at radius 2 is 2.16 bits per heavy atom. The minimum Gasteiger partial charge on any atom is -0.496 e. The Bertz CT molecular complexity index is 444. The van der Waals surface area contributed by atoms with Gasteiger partial charge in [0.25, 0.3) is 0 Å². The lowest BCUT2D eigenvalue weighted by Gasteiger charge is -2.23. The quantitative estimate of drug-likeness (QED) is 0.886. The maximum Gasteiger partial charge on any atom is 0.131 e. The van der Waals surface area contributed by atoms with E-state index in [1.54, 1.807) is 13.2 Å². The monoisotopic (exact) mass is 265 g/mol. The third kappa shape index (κ3) is 3.27. The summed E-state index contributed by atoms with van der Waals surface area (Å²) in [6.07, 6.45) is 3.54. The van der Waals surface area contributed by atoms with Crippen LogP contribution in [0.3, 0.4) is 0 Å². The highest BCUT2D eigenvalue weighted by Gasteiger charge is 2.32. The number of methoxy groups -OCH3 is 1. The lowest BCUT2D eigenvalue weighted by molar-refractivity contribution is 0.349. The van der Waals surface area contributed by atoms with E-state index in [1.807, 2.05) is 13.0 Å². The highest BCUT2D eigenvalue weighted by molar-refractivity contribution is 5.37. The Morgan fingerprint density at radius 3 is 2.74 bits per heavy atom. The maximum absolute atomic E-state index is 14.0. The number of benzene rings is 1. The first-order valence-electron chi connectivity index (χ1n) is 7.01. The molecule has 0 saturated heterocycles. The summed E-state index contributed by atoms with van der Waals surface area (Å²) < 4.78 is 19.3. The smallest absolute Gasteiger partial charge is 0.131 e. The van der Waals surface area contributed by atoms with Gasteiger partial charge >= 0.3 is 0 Å². The van der Waals surface area contributed by atoms with E-state index in [0.29, 0.717) is 22.8 Å². The fourth-order valence-corrected chi connectivity index (χ4v) is 3.13. The SMILES string of the molecule is COc1cccc(F)c1C(C)NC1CCC(C)(C)C1. The molecule has 19 heavy (non-hydrogen) atoms. The van der Waals surface area contributed by atoms with Crippen LogP contribution in [-0.2, 0) is 0 Å². The van der Waals surface area contributed by atoms with E-state index in [4.69, 9.17) is 4.74 Å². The first-order chi connectivity index (χ1) is 8.93. The molecule has 2 unspecified atom stereocenters. The average molecular weight is 265 g/mol. The fraction of sp³-hybridized carbons (Fsp3) is 0.625. The average Bonchev–Trinajstić information content (AvgIpc) is 2.67. The summed E-state index contributed by atoms with van der Waals surface area (Å²) in [5.41, 5.74) is 1.03. The summed E-state index contributed by atoms with van der Waals surface area (Å²) in [5.74, 6) is 0.425. The summed E-state index contributed by atoms with van der Waals surface area (Å²) in [5, 5.41) is 3.55. The highest BCUT2D eigenvalue weighted by Crippen LogP contribution is 2.38. The second kappa shape index (κ2) is 5.49. The molecule has 1 aliphatic carbocycles. The molecule has 1 fully saturated rings. The van der Waals surface area contributed by atoms with Gasteiger partial charge in [0.05, 0.1) is 7.11 Å². The molecule has 0 aromatic heterocycles. The lowest BCUT2D eigenvalue weighted by Crippen LogP contribution is -2.30. The first-order valence-corrected chi connectivity index (χ1v) is 7.01. The van der Waals surface area contributed by atoms with Crippen molar-refractivity contribution in [3.8, 4) is 5.75 Å². The molecular weight excluding hydrogens is 241 g/mol. The Hall–Kier alpha value is -1.09. The Balaban J connectivity index is 2.10. The van der Waals surface area contributed by atoms with E-state index in [9.17, 15) is 4.39 Å². The molecule has 1 aromatic rings. The molecule has 2 nitrogen and oxygen atoms in total. The molecule has 1 aliphatic rings.